The molecule has 9 heteroatoms. The van der Waals surface area contributed by atoms with Crippen molar-refractivity contribution in [2.45, 2.75) is 25.6 Å². The molecule has 0 amide bonds. The van der Waals surface area contributed by atoms with Crippen molar-refractivity contribution in [3.8, 4) is 5.88 Å². The first-order valence-electron chi connectivity index (χ1n) is 5.49. The molecule has 0 unspecified atom stereocenters. The van der Waals surface area contributed by atoms with E-state index in [-0.39, 0.29) is 23.6 Å². The Balaban J connectivity index is 3.16. The van der Waals surface area contributed by atoms with Gasteiger partial charge in [0, 0.05) is 11.1 Å². The number of hydrogen-bond donors (Lipinski definition) is 1. The van der Waals surface area contributed by atoms with E-state index in [1.54, 1.807) is 6.92 Å². The van der Waals surface area contributed by atoms with E-state index in [1.807, 2.05) is 4.98 Å². The minimum Gasteiger partial charge on any atom is -0.466 e. The molecule has 20 heavy (non-hydrogen) atoms. The first-order chi connectivity index (χ1) is 9.26. The molecule has 0 saturated heterocycles. The van der Waals surface area contributed by atoms with Crippen LogP contribution in [-0.4, -0.2) is 23.9 Å². The van der Waals surface area contributed by atoms with E-state index in [4.69, 9.17) is 11.6 Å². The van der Waals surface area contributed by atoms with Crippen molar-refractivity contribution >= 4 is 17.6 Å². The molecule has 0 aliphatic heterocycles. The first kappa shape index (κ1) is 16.4. The maximum absolute atomic E-state index is 12.2. The van der Waals surface area contributed by atoms with Gasteiger partial charge in [-0.15, -0.1) is 24.8 Å². The zero-order valence-electron chi connectivity index (χ0n) is 10.3. The van der Waals surface area contributed by atoms with Gasteiger partial charge >= 0.3 is 12.3 Å². The third kappa shape index (κ3) is 4.76. The van der Waals surface area contributed by atoms with Gasteiger partial charge in [-0.2, -0.15) is 0 Å². The van der Waals surface area contributed by atoms with Crippen LogP contribution < -0.4 is 10.3 Å². The van der Waals surface area contributed by atoms with Gasteiger partial charge in [0.15, 0.2) is 0 Å². The second kappa shape index (κ2) is 6.65. The number of halogens is 4. The molecule has 1 aromatic rings. The molecule has 0 radical (unpaired) electrons. The standard InChI is InChI=1S/C11H11ClF3NO4/c1-2-19-8(17)4-6-3-7(5-12)9(18)16-10(6)20-11(13,14)15/h3H,2,4-5H2,1H3,(H,16,18). The number of nitrogens with one attached hydrogen (secondary N) is 1. The van der Waals surface area contributed by atoms with Crippen LogP contribution in [0.4, 0.5) is 13.2 Å². The number of rotatable bonds is 5. The third-order valence-corrected chi connectivity index (χ3v) is 2.45. The van der Waals surface area contributed by atoms with Crippen molar-refractivity contribution in [1.29, 1.82) is 0 Å². The fourth-order valence-corrected chi connectivity index (χ4v) is 1.61. The van der Waals surface area contributed by atoms with Crippen LogP contribution in [0.5, 0.6) is 5.88 Å². The van der Waals surface area contributed by atoms with E-state index in [0.29, 0.717) is 0 Å². The van der Waals surface area contributed by atoms with E-state index in [9.17, 15) is 22.8 Å². The van der Waals surface area contributed by atoms with E-state index in [2.05, 4.69) is 9.47 Å². The summed E-state index contributed by atoms with van der Waals surface area (Å²) in [5.41, 5.74) is -0.941. The summed E-state index contributed by atoms with van der Waals surface area (Å²) in [5, 5.41) is 0. The van der Waals surface area contributed by atoms with Crippen LogP contribution in [0.2, 0.25) is 0 Å². The second-order valence-electron chi connectivity index (χ2n) is 3.64. The summed E-state index contributed by atoms with van der Waals surface area (Å²) in [6, 6.07) is 1.09. The average Bonchev–Trinajstić information content (AvgIpc) is 2.30. The van der Waals surface area contributed by atoms with Crippen LogP contribution in [0.15, 0.2) is 10.9 Å². The summed E-state index contributed by atoms with van der Waals surface area (Å²) in [4.78, 5) is 24.7. The molecule has 0 aliphatic carbocycles. The molecule has 0 aromatic carbocycles. The molecule has 0 spiro atoms. The predicted molar refractivity (Wildman–Crippen MR) is 63.6 cm³/mol. The van der Waals surface area contributed by atoms with Crippen molar-refractivity contribution in [2.24, 2.45) is 0 Å². The molecule has 1 rings (SSSR count). The van der Waals surface area contributed by atoms with Crippen molar-refractivity contribution < 1.29 is 27.4 Å². The number of ether oxygens (including phenoxy) is 2. The van der Waals surface area contributed by atoms with Gasteiger partial charge in [-0.1, -0.05) is 0 Å². The second-order valence-corrected chi connectivity index (χ2v) is 3.91. The normalized spacial score (nSPS) is 11.2. The van der Waals surface area contributed by atoms with Crippen LogP contribution in [0.1, 0.15) is 18.1 Å². The highest BCUT2D eigenvalue weighted by atomic mass is 35.5. The van der Waals surface area contributed by atoms with Gasteiger partial charge in [0.05, 0.1) is 18.9 Å². The lowest BCUT2D eigenvalue weighted by Crippen LogP contribution is -2.23. The minimum absolute atomic E-state index is 0.0282. The van der Waals surface area contributed by atoms with Crippen molar-refractivity contribution in [2.75, 3.05) is 6.61 Å². The summed E-state index contributed by atoms with van der Waals surface area (Å²) in [7, 11) is 0. The molecule has 0 aliphatic rings. The Hall–Kier alpha value is -1.70. The molecule has 0 atom stereocenters. The SMILES string of the molecule is CCOC(=O)Cc1cc(CCl)c(=O)[nH]c1OC(F)(F)F. The molecular formula is C11H11ClF3NO4. The molecule has 5 nitrogen and oxygen atoms in total. The number of H-pyrrole nitrogens is 1. The molecule has 112 valence electrons. The van der Waals surface area contributed by atoms with Gasteiger partial charge < -0.3 is 9.47 Å². The molecule has 0 saturated carbocycles. The Morgan fingerprint density at radius 1 is 1.40 bits per heavy atom. The van der Waals surface area contributed by atoms with Crippen molar-refractivity contribution in [1.82, 2.24) is 4.98 Å². The highest BCUT2D eigenvalue weighted by Gasteiger charge is 2.33. The number of carbonyl (C=O) groups excluding carboxylic acids is 1. The van der Waals surface area contributed by atoms with Gasteiger partial charge in [0.2, 0.25) is 5.88 Å². The van der Waals surface area contributed by atoms with Crippen LogP contribution in [0, 0.1) is 0 Å². The van der Waals surface area contributed by atoms with Crippen molar-refractivity contribution in [3.63, 3.8) is 0 Å². The Morgan fingerprint density at radius 3 is 2.55 bits per heavy atom. The molecule has 0 bridgehead atoms. The summed E-state index contributed by atoms with van der Waals surface area (Å²) in [6.45, 7) is 1.64. The van der Waals surface area contributed by atoms with Gasteiger partial charge in [-0.05, 0) is 13.0 Å². The zero-order valence-corrected chi connectivity index (χ0v) is 11.1. The van der Waals surface area contributed by atoms with Crippen molar-refractivity contribution in [3.05, 3.63) is 27.5 Å². The number of aromatic nitrogens is 1. The van der Waals surface area contributed by atoms with E-state index in [1.165, 1.54) is 0 Å². The largest absolute Gasteiger partial charge is 0.574 e. The van der Waals surface area contributed by atoms with Gasteiger partial charge in [0.25, 0.3) is 5.56 Å². The average molecular weight is 314 g/mol. The zero-order chi connectivity index (χ0) is 15.3. The Bertz CT molecular complexity index is 541. The molecular weight excluding hydrogens is 303 g/mol. The van der Waals surface area contributed by atoms with Gasteiger partial charge in [0.1, 0.15) is 0 Å². The molecule has 1 heterocycles. The smallest absolute Gasteiger partial charge is 0.466 e. The van der Waals surface area contributed by atoms with Gasteiger partial charge in [-0.3, -0.25) is 14.6 Å². The Kier molecular flexibility index (Phi) is 5.43. The van der Waals surface area contributed by atoms with Crippen LogP contribution in [0.25, 0.3) is 0 Å². The van der Waals surface area contributed by atoms with Crippen LogP contribution >= 0.6 is 11.6 Å². The lowest BCUT2D eigenvalue weighted by molar-refractivity contribution is -0.276. The molecule has 0 fully saturated rings. The Labute approximate surface area is 116 Å². The van der Waals surface area contributed by atoms with Crippen LogP contribution in [0.3, 0.4) is 0 Å². The Morgan fingerprint density at radius 2 is 2.05 bits per heavy atom. The number of hydrogen-bond acceptors (Lipinski definition) is 4. The summed E-state index contributed by atoms with van der Waals surface area (Å²) >= 11 is 5.49. The minimum atomic E-state index is -4.99. The summed E-state index contributed by atoms with van der Waals surface area (Å²) in [6.07, 6.45) is -5.46. The number of pyridine rings is 1. The lowest BCUT2D eigenvalue weighted by Gasteiger charge is -2.13. The summed E-state index contributed by atoms with van der Waals surface area (Å²) in [5.74, 6) is -1.80. The number of alkyl halides is 4. The maximum atomic E-state index is 12.2. The third-order valence-electron chi connectivity index (χ3n) is 2.16. The lowest BCUT2D eigenvalue weighted by atomic mass is 10.1. The summed E-state index contributed by atoms with van der Waals surface area (Å²) < 4.78 is 45.0. The number of aromatic amines is 1. The molecule has 1 aromatic heterocycles. The highest BCUT2D eigenvalue weighted by molar-refractivity contribution is 6.17. The first-order valence-corrected chi connectivity index (χ1v) is 6.02. The highest BCUT2D eigenvalue weighted by Crippen LogP contribution is 2.24. The maximum Gasteiger partial charge on any atom is 0.574 e. The predicted octanol–water partition coefficient (Wildman–Crippen LogP) is 2.12. The van der Waals surface area contributed by atoms with E-state index < -0.39 is 30.2 Å². The molecule has 1 N–H and O–H groups in total. The monoisotopic (exact) mass is 313 g/mol. The fourth-order valence-electron chi connectivity index (χ4n) is 1.41. The number of esters is 1. The topological polar surface area (TPSA) is 68.4 Å². The quantitative estimate of drug-likeness (QED) is 0.668. The van der Waals surface area contributed by atoms with E-state index in [0.717, 1.165) is 6.07 Å². The fraction of sp³-hybridized carbons (Fsp3) is 0.455. The van der Waals surface area contributed by atoms with Crippen LogP contribution in [-0.2, 0) is 21.8 Å². The van der Waals surface area contributed by atoms with Gasteiger partial charge in [-0.25, -0.2) is 0 Å². The number of carbonyl (C=O) groups is 1. The van der Waals surface area contributed by atoms with E-state index >= 15 is 0 Å².